The average Bonchev–Trinajstić information content (AvgIpc) is 2.78. The van der Waals surface area contributed by atoms with Crippen molar-refractivity contribution in [3.05, 3.63) is 24.1 Å². The van der Waals surface area contributed by atoms with Crippen molar-refractivity contribution in [2.75, 3.05) is 25.0 Å². The summed E-state index contributed by atoms with van der Waals surface area (Å²) in [6.45, 7) is 4.08. The molecule has 1 saturated heterocycles. The predicted molar refractivity (Wildman–Crippen MR) is 77.7 cm³/mol. The molecule has 1 N–H and O–H groups in total. The molecule has 0 aliphatic carbocycles. The van der Waals surface area contributed by atoms with Gasteiger partial charge in [0.15, 0.2) is 11.5 Å². The molecule has 19 heavy (non-hydrogen) atoms. The number of aryl methyl sites for hydroxylation is 1. The minimum absolute atomic E-state index is 0.603. The second-order valence-electron chi connectivity index (χ2n) is 5.41. The zero-order valence-corrected chi connectivity index (χ0v) is 11.6. The van der Waals surface area contributed by atoms with Crippen molar-refractivity contribution < 1.29 is 4.42 Å². The van der Waals surface area contributed by atoms with Crippen LogP contribution in [0.2, 0.25) is 0 Å². The van der Waals surface area contributed by atoms with Crippen LogP contribution in [0.15, 0.2) is 22.6 Å². The van der Waals surface area contributed by atoms with E-state index in [-0.39, 0.29) is 0 Å². The number of aromatic nitrogens is 1. The monoisotopic (exact) mass is 259 g/mol. The zero-order valence-electron chi connectivity index (χ0n) is 11.6. The van der Waals surface area contributed by atoms with Crippen molar-refractivity contribution in [2.24, 2.45) is 0 Å². The number of piperidine rings is 1. The van der Waals surface area contributed by atoms with Gasteiger partial charge in [0.05, 0.1) is 0 Å². The number of fused-ring (bicyclic) bond motifs is 1. The highest BCUT2D eigenvalue weighted by atomic mass is 16.3. The Kier molecular flexibility index (Phi) is 3.42. The van der Waals surface area contributed by atoms with E-state index in [9.17, 15) is 0 Å². The minimum atomic E-state index is 0.603. The molecule has 0 bridgehead atoms. The fraction of sp³-hybridized carbons (Fsp3) is 0.533. The topological polar surface area (TPSA) is 41.3 Å². The number of rotatable bonds is 3. The molecule has 1 aromatic carbocycles. The molecule has 1 atom stereocenters. The second kappa shape index (κ2) is 5.21. The van der Waals surface area contributed by atoms with Crippen LogP contribution in [0, 0.1) is 6.92 Å². The van der Waals surface area contributed by atoms with Crippen LogP contribution in [0.4, 0.5) is 5.69 Å². The molecule has 102 valence electrons. The van der Waals surface area contributed by atoms with E-state index in [1.165, 1.54) is 24.9 Å². The van der Waals surface area contributed by atoms with Crippen LogP contribution in [0.1, 0.15) is 25.2 Å². The Morgan fingerprint density at radius 2 is 2.32 bits per heavy atom. The van der Waals surface area contributed by atoms with Crippen LogP contribution in [-0.4, -0.2) is 31.2 Å². The summed E-state index contributed by atoms with van der Waals surface area (Å²) in [5.74, 6) is 0.726. The second-order valence-corrected chi connectivity index (χ2v) is 5.41. The summed E-state index contributed by atoms with van der Waals surface area (Å²) < 4.78 is 5.60. The lowest BCUT2D eigenvalue weighted by Crippen LogP contribution is -2.42. The zero-order chi connectivity index (χ0) is 13.2. The average molecular weight is 259 g/mol. The Morgan fingerprint density at radius 3 is 3.11 bits per heavy atom. The highest BCUT2D eigenvalue weighted by molar-refractivity contribution is 5.77. The lowest BCUT2D eigenvalue weighted by Gasteiger charge is -2.29. The van der Waals surface area contributed by atoms with Gasteiger partial charge in [-0.15, -0.1) is 0 Å². The van der Waals surface area contributed by atoms with Crippen molar-refractivity contribution in [1.82, 2.24) is 10.3 Å². The largest absolute Gasteiger partial charge is 0.441 e. The van der Waals surface area contributed by atoms with Crippen molar-refractivity contribution in [1.29, 1.82) is 0 Å². The van der Waals surface area contributed by atoms with Gasteiger partial charge < -0.3 is 14.6 Å². The van der Waals surface area contributed by atoms with Gasteiger partial charge in [0.2, 0.25) is 0 Å². The summed E-state index contributed by atoms with van der Waals surface area (Å²) in [5, 5.41) is 3.58. The lowest BCUT2D eigenvalue weighted by atomic mass is 10.0. The first kappa shape index (κ1) is 12.5. The highest BCUT2D eigenvalue weighted by Crippen LogP contribution is 2.22. The van der Waals surface area contributed by atoms with Gasteiger partial charge in [-0.2, -0.15) is 0 Å². The van der Waals surface area contributed by atoms with Gasteiger partial charge in [-0.1, -0.05) is 6.42 Å². The SMILES string of the molecule is Cc1nc2ccc(N(C)CC3CCCCN3)cc2o1. The van der Waals surface area contributed by atoms with E-state index >= 15 is 0 Å². The normalized spacial score (nSPS) is 19.8. The molecule has 2 heterocycles. The highest BCUT2D eigenvalue weighted by Gasteiger charge is 2.15. The third-order valence-electron chi connectivity index (χ3n) is 3.83. The van der Waals surface area contributed by atoms with Crippen LogP contribution >= 0.6 is 0 Å². The smallest absolute Gasteiger partial charge is 0.192 e. The summed E-state index contributed by atoms with van der Waals surface area (Å²) in [5.41, 5.74) is 3.00. The standard InChI is InChI=1S/C15H21N3O/c1-11-17-14-7-6-13(9-15(14)19-11)18(2)10-12-5-3-4-8-16-12/h6-7,9,12,16H,3-5,8,10H2,1-2H3. The van der Waals surface area contributed by atoms with Crippen LogP contribution in [0.5, 0.6) is 0 Å². The molecular weight excluding hydrogens is 238 g/mol. The van der Waals surface area contributed by atoms with Crippen molar-refractivity contribution >= 4 is 16.8 Å². The van der Waals surface area contributed by atoms with Crippen LogP contribution in [0.3, 0.4) is 0 Å². The summed E-state index contributed by atoms with van der Waals surface area (Å²) >= 11 is 0. The van der Waals surface area contributed by atoms with Gasteiger partial charge in [0, 0.05) is 38.3 Å². The molecule has 4 heteroatoms. The van der Waals surface area contributed by atoms with Gasteiger partial charge in [0.1, 0.15) is 5.52 Å². The quantitative estimate of drug-likeness (QED) is 0.920. The molecule has 0 amide bonds. The van der Waals surface area contributed by atoms with Crippen LogP contribution < -0.4 is 10.2 Å². The molecule has 1 aliphatic rings. The Balaban J connectivity index is 1.74. The molecule has 1 unspecified atom stereocenters. The maximum atomic E-state index is 5.60. The number of hydrogen-bond donors (Lipinski definition) is 1. The molecule has 1 aliphatic heterocycles. The predicted octanol–water partition coefficient (Wildman–Crippen LogP) is 2.71. The number of nitrogens with zero attached hydrogens (tertiary/aromatic N) is 2. The van der Waals surface area contributed by atoms with E-state index in [1.807, 2.05) is 13.0 Å². The first-order chi connectivity index (χ1) is 9.22. The fourth-order valence-electron chi connectivity index (χ4n) is 2.78. The molecule has 0 spiro atoms. The molecular formula is C15H21N3O. The Labute approximate surface area is 113 Å². The van der Waals surface area contributed by atoms with Crippen LogP contribution in [0.25, 0.3) is 11.1 Å². The van der Waals surface area contributed by atoms with Crippen LogP contribution in [-0.2, 0) is 0 Å². The summed E-state index contributed by atoms with van der Waals surface area (Å²) in [6.07, 6.45) is 3.92. The molecule has 1 aromatic heterocycles. The van der Waals surface area contributed by atoms with E-state index in [4.69, 9.17) is 4.42 Å². The first-order valence-electron chi connectivity index (χ1n) is 7.04. The number of nitrogens with one attached hydrogen (secondary N) is 1. The van der Waals surface area contributed by atoms with Gasteiger partial charge in [-0.05, 0) is 31.5 Å². The van der Waals surface area contributed by atoms with Gasteiger partial charge in [-0.25, -0.2) is 4.98 Å². The lowest BCUT2D eigenvalue weighted by molar-refractivity contribution is 0.403. The van der Waals surface area contributed by atoms with Gasteiger partial charge in [-0.3, -0.25) is 0 Å². The minimum Gasteiger partial charge on any atom is -0.441 e. The third-order valence-corrected chi connectivity index (χ3v) is 3.83. The molecule has 3 rings (SSSR count). The summed E-state index contributed by atoms with van der Waals surface area (Å²) in [6, 6.07) is 6.84. The molecule has 0 saturated carbocycles. The van der Waals surface area contributed by atoms with E-state index in [0.29, 0.717) is 6.04 Å². The number of anilines is 1. The third kappa shape index (κ3) is 2.73. The van der Waals surface area contributed by atoms with E-state index in [1.54, 1.807) is 0 Å². The number of likely N-dealkylation sites (N-methyl/N-ethyl adjacent to an activating group) is 1. The maximum absolute atomic E-state index is 5.60. The van der Waals surface area contributed by atoms with E-state index in [2.05, 4.69) is 34.4 Å². The van der Waals surface area contributed by atoms with Crippen molar-refractivity contribution in [3.8, 4) is 0 Å². The number of hydrogen-bond acceptors (Lipinski definition) is 4. The maximum Gasteiger partial charge on any atom is 0.192 e. The van der Waals surface area contributed by atoms with E-state index < -0.39 is 0 Å². The molecule has 1 fully saturated rings. The number of oxazole rings is 1. The molecule has 2 aromatic rings. The Hall–Kier alpha value is -1.55. The molecule has 4 nitrogen and oxygen atoms in total. The Morgan fingerprint density at radius 1 is 1.42 bits per heavy atom. The van der Waals surface area contributed by atoms with E-state index in [0.717, 1.165) is 30.1 Å². The fourth-order valence-corrected chi connectivity index (χ4v) is 2.78. The first-order valence-corrected chi connectivity index (χ1v) is 7.04. The van der Waals surface area contributed by atoms with Crippen molar-refractivity contribution in [3.63, 3.8) is 0 Å². The molecule has 0 radical (unpaired) electrons. The Bertz CT molecular complexity index is 558. The van der Waals surface area contributed by atoms with Gasteiger partial charge in [0.25, 0.3) is 0 Å². The number of benzene rings is 1. The van der Waals surface area contributed by atoms with Crippen molar-refractivity contribution in [2.45, 2.75) is 32.2 Å². The summed E-state index contributed by atoms with van der Waals surface area (Å²) in [4.78, 5) is 6.62. The summed E-state index contributed by atoms with van der Waals surface area (Å²) in [7, 11) is 2.14. The van der Waals surface area contributed by atoms with Gasteiger partial charge >= 0.3 is 0 Å².